The van der Waals surface area contributed by atoms with Crippen LogP contribution in [0.3, 0.4) is 0 Å². The minimum Gasteiger partial charge on any atom is -0.467 e. The minimum atomic E-state index is 0.275. The van der Waals surface area contributed by atoms with E-state index >= 15 is 0 Å². The van der Waals surface area contributed by atoms with Crippen molar-refractivity contribution in [2.45, 2.75) is 13.1 Å². The predicted molar refractivity (Wildman–Crippen MR) is 116 cm³/mol. The highest BCUT2D eigenvalue weighted by atomic mass is 31.1. The van der Waals surface area contributed by atoms with Gasteiger partial charge in [0.25, 0.3) is 0 Å². The third-order valence-corrected chi connectivity index (χ3v) is 7.04. The fourth-order valence-electron chi connectivity index (χ4n) is 2.76. The van der Waals surface area contributed by atoms with Gasteiger partial charge >= 0.3 is 0 Å². The van der Waals surface area contributed by atoms with Crippen LogP contribution in [0.2, 0.25) is 0 Å². The van der Waals surface area contributed by atoms with Crippen molar-refractivity contribution in [1.82, 2.24) is 0 Å². The molecule has 0 heterocycles. The van der Waals surface area contributed by atoms with E-state index in [1.807, 2.05) is 12.1 Å². The number of hydrogen-bond donors (Lipinski definition) is 0. The Morgan fingerprint density at radius 1 is 0.846 bits per heavy atom. The van der Waals surface area contributed by atoms with E-state index in [-0.39, 0.29) is 6.79 Å². The molecule has 0 aromatic heterocycles. The topological polar surface area (TPSA) is 18.5 Å². The zero-order valence-electron chi connectivity index (χ0n) is 15.2. The smallest absolute Gasteiger partial charge is 0.188 e. The molecule has 0 spiro atoms. The van der Waals surface area contributed by atoms with Crippen molar-refractivity contribution >= 4 is 33.1 Å². The van der Waals surface area contributed by atoms with E-state index < -0.39 is 0 Å². The van der Waals surface area contributed by atoms with Crippen LogP contribution in [0.25, 0.3) is 0 Å². The fourth-order valence-corrected chi connectivity index (χ4v) is 5.40. The van der Waals surface area contributed by atoms with Crippen LogP contribution in [0.1, 0.15) is 11.1 Å². The summed E-state index contributed by atoms with van der Waals surface area (Å²) in [5.74, 6) is 0.910. The molecule has 2 nitrogen and oxygen atoms in total. The van der Waals surface area contributed by atoms with Crippen LogP contribution in [-0.2, 0) is 10.9 Å². The van der Waals surface area contributed by atoms with E-state index in [0.717, 1.165) is 20.5 Å². The second kappa shape index (κ2) is 9.83. The van der Waals surface area contributed by atoms with Gasteiger partial charge in [0, 0.05) is 12.4 Å². The molecule has 26 heavy (non-hydrogen) atoms. The molecule has 0 radical (unpaired) electrons. The molecular weight excluding hydrogens is 358 g/mol. The van der Waals surface area contributed by atoms with Gasteiger partial charge in [-0.2, -0.15) is 0 Å². The molecular formula is C22H24O2P2. The molecule has 4 heteroatoms. The van der Waals surface area contributed by atoms with Crippen LogP contribution >= 0.6 is 17.2 Å². The van der Waals surface area contributed by atoms with Gasteiger partial charge in [-0.3, -0.25) is 0 Å². The lowest BCUT2D eigenvalue weighted by atomic mass is 10.1. The molecule has 0 aliphatic rings. The largest absolute Gasteiger partial charge is 0.467 e. The molecule has 2 atom stereocenters. The summed E-state index contributed by atoms with van der Waals surface area (Å²) in [4.78, 5) is 0. The first-order chi connectivity index (χ1) is 12.8. The van der Waals surface area contributed by atoms with Crippen LogP contribution in [0.4, 0.5) is 0 Å². The summed E-state index contributed by atoms with van der Waals surface area (Å²) in [6, 6.07) is 25.6. The summed E-state index contributed by atoms with van der Waals surface area (Å²) in [5.41, 5.74) is 2.78. The molecule has 3 aromatic rings. The Balaban J connectivity index is 1.82. The Hall–Kier alpha value is -1.72. The first-order valence-electron chi connectivity index (χ1n) is 8.63. The maximum Gasteiger partial charge on any atom is 0.188 e. The van der Waals surface area contributed by atoms with Crippen LogP contribution in [0, 0.1) is 6.92 Å². The number of rotatable bonds is 8. The quantitative estimate of drug-likeness (QED) is 0.431. The van der Waals surface area contributed by atoms with E-state index in [9.17, 15) is 0 Å². The number of ether oxygens (including phenoxy) is 2. The minimum absolute atomic E-state index is 0.275. The fraction of sp³-hybridized carbons (Fsp3) is 0.182. The van der Waals surface area contributed by atoms with Crippen LogP contribution in [0.15, 0.2) is 72.8 Å². The number of hydrogen-bond acceptors (Lipinski definition) is 2. The van der Waals surface area contributed by atoms with Gasteiger partial charge < -0.3 is 9.47 Å². The molecule has 3 rings (SSSR count). The van der Waals surface area contributed by atoms with Gasteiger partial charge in [-0.05, 0) is 40.9 Å². The Morgan fingerprint density at radius 2 is 1.62 bits per heavy atom. The molecule has 0 N–H and O–H groups in total. The van der Waals surface area contributed by atoms with Crippen molar-refractivity contribution in [3.8, 4) is 5.75 Å². The molecule has 2 unspecified atom stereocenters. The summed E-state index contributed by atoms with van der Waals surface area (Å²) >= 11 is 0. The number of para-hydroxylation sites is 1. The molecule has 0 saturated carbocycles. The maximum absolute atomic E-state index is 5.75. The van der Waals surface area contributed by atoms with E-state index in [0.29, 0.717) is 8.58 Å². The van der Waals surface area contributed by atoms with Gasteiger partial charge in [-0.1, -0.05) is 83.9 Å². The van der Waals surface area contributed by atoms with Crippen molar-refractivity contribution in [2.24, 2.45) is 0 Å². The van der Waals surface area contributed by atoms with E-state index in [4.69, 9.17) is 9.47 Å². The van der Waals surface area contributed by atoms with Crippen molar-refractivity contribution in [1.29, 1.82) is 0 Å². The SMILES string of the molecule is COCOc1ccccc1Pc1c(C)cccc1CPc1ccccc1. The standard InChI is InChI=1S/C22H24O2P2/c1-17-9-8-10-18(15-25-19-11-4-3-5-12-19)22(17)26-21-14-7-6-13-20(21)24-16-23-2/h3-14,25-26H,15-16H2,1-2H3. The molecule has 0 saturated heterocycles. The maximum atomic E-state index is 5.75. The summed E-state index contributed by atoms with van der Waals surface area (Å²) < 4.78 is 10.8. The first-order valence-corrected chi connectivity index (χ1v) is 10.8. The average Bonchev–Trinajstić information content (AvgIpc) is 2.68. The number of aryl methyl sites for hydroxylation is 1. The predicted octanol–water partition coefficient (Wildman–Crippen LogP) is 4.11. The van der Waals surface area contributed by atoms with Crippen molar-refractivity contribution in [3.05, 3.63) is 83.9 Å². The van der Waals surface area contributed by atoms with Crippen LogP contribution in [0.5, 0.6) is 5.75 Å². The highest BCUT2D eigenvalue weighted by Gasteiger charge is 2.10. The highest BCUT2D eigenvalue weighted by molar-refractivity contribution is 7.56. The zero-order valence-corrected chi connectivity index (χ0v) is 17.2. The molecule has 3 aromatic carbocycles. The normalized spacial score (nSPS) is 11.6. The third-order valence-electron chi connectivity index (χ3n) is 4.09. The molecule has 0 amide bonds. The van der Waals surface area contributed by atoms with Crippen LogP contribution in [-0.4, -0.2) is 13.9 Å². The molecule has 0 fully saturated rings. The molecule has 0 aliphatic carbocycles. The second-order valence-electron chi connectivity index (χ2n) is 6.00. The van der Waals surface area contributed by atoms with Crippen molar-refractivity contribution in [3.63, 3.8) is 0 Å². The zero-order chi connectivity index (χ0) is 18.2. The monoisotopic (exact) mass is 382 g/mol. The van der Waals surface area contributed by atoms with Gasteiger partial charge in [-0.25, -0.2) is 0 Å². The molecule has 0 aliphatic heterocycles. The lowest BCUT2D eigenvalue weighted by Gasteiger charge is -2.16. The molecule has 134 valence electrons. The Morgan fingerprint density at radius 3 is 2.42 bits per heavy atom. The van der Waals surface area contributed by atoms with Crippen LogP contribution < -0.4 is 20.7 Å². The van der Waals surface area contributed by atoms with Crippen molar-refractivity contribution in [2.75, 3.05) is 13.9 Å². The highest BCUT2D eigenvalue weighted by Crippen LogP contribution is 2.26. The lowest BCUT2D eigenvalue weighted by Crippen LogP contribution is -2.14. The van der Waals surface area contributed by atoms with E-state index in [1.54, 1.807) is 7.11 Å². The summed E-state index contributed by atoms with van der Waals surface area (Å²) in [5, 5.41) is 4.07. The van der Waals surface area contributed by atoms with E-state index in [2.05, 4.69) is 67.6 Å². The number of methoxy groups -OCH3 is 1. The number of benzene rings is 3. The summed E-state index contributed by atoms with van der Waals surface area (Å²) in [6.07, 6.45) is 1.08. The second-order valence-corrected chi connectivity index (χ2v) is 8.57. The van der Waals surface area contributed by atoms with Gasteiger partial charge in [-0.15, -0.1) is 0 Å². The average molecular weight is 382 g/mol. The summed E-state index contributed by atoms with van der Waals surface area (Å²) in [7, 11) is 3.01. The molecule has 0 bridgehead atoms. The lowest BCUT2D eigenvalue weighted by molar-refractivity contribution is 0.0519. The van der Waals surface area contributed by atoms with Gasteiger partial charge in [0.1, 0.15) is 5.75 Å². The first kappa shape index (κ1) is 19.1. The van der Waals surface area contributed by atoms with Gasteiger partial charge in [0.05, 0.1) is 0 Å². The Kier molecular flexibility index (Phi) is 7.21. The summed E-state index contributed by atoms with van der Waals surface area (Å²) in [6.45, 7) is 2.48. The third kappa shape index (κ3) is 5.15. The van der Waals surface area contributed by atoms with Gasteiger partial charge in [0.2, 0.25) is 0 Å². The van der Waals surface area contributed by atoms with Crippen molar-refractivity contribution < 1.29 is 9.47 Å². The van der Waals surface area contributed by atoms with Gasteiger partial charge in [0.15, 0.2) is 6.79 Å². The Bertz CT molecular complexity index is 835. The Labute approximate surface area is 159 Å². The van der Waals surface area contributed by atoms with E-state index in [1.165, 1.54) is 27.0 Å².